The van der Waals surface area contributed by atoms with Gasteiger partial charge in [-0.15, -0.1) is 0 Å². The number of halogens is 1. The summed E-state index contributed by atoms with van der Waals surface area (Å²) in [5, 5.41) is 0.515. The van der Waals surface area contributed by atoms with Crippen LogP contribution < -0.4 is 0 Å². The second-order valence-corrected chi connectivity index (χ2v) is 5.41. The zero-order valence-corrected chi connectivity index (χ0v) is 12.4. The lowest BCUT2D eigenvalue weighted by atomic mass is 10.0. The molecule has 2 rings (SSSR count). The van der Waals surface area contributed by atoms with Gasteiger partial charge in [0, 0.05) is 18.1 Å². The Morgan fingerprint density at radius 3 is 2.37 bits per heavy atom. The first-order valence-electron chi connectivity index (χ1n) is 6.74. The summed E-state index contributed by atoms with van der Waals surface area (Å²) in [6, 6.07) is 10.3. The Labute approximate surface area is 119 Å². The largest absolute Gasteiger partial charge is 0.233 e. The Balaban J connectivity index is 2.35. The molecule has 0 amide bonds. The Hall–Kier alpha value is -1.41. The second kappa shape index (κ2) is 6.16. The number of aryl methyl sites for hydroxylation is 1. The van der Waals surface area contributed by atoms with Crippen molar-refractivity contribution in [3.8, 4) is 11.3 Å². The first kappa shape index (κ1) is 14.0. The van der Waals surface area contributed by atoms with Gasteiger partial charge >= 0.3 is 0 Å². The first-order valence-corrected chi connectivity index (χ1v) is 7.11. The Kier molecular flexibility index (Phi) is 4.54. The van der Waals surface area contributed by atoms with Crippen LogP contribution in [0.15, 0.2) is 30.3 Å². The second-order valence-electron chi connectivity index (χ2n) is 5.02. The SMILES string of the molecule is CCCc1nc(Cl)cc(-c2ccc(C(C)C)cc2)n1. The maximum absolute atomic E-state index is 6.07. The van der Waals surface area contributed by atoms with Gasteiger partial charge in [-0.2, -0.15) is 0 Å². The third-order valence-corrected chi connectivity index (χ3v) is 3.28. The predicted molar refractivity (Wildman–Crippen MR) is 80.6 cm³/mol. The smallest absolute Gasteiger partial charge is 0.133 e. The van der Waals surface area contributed by atoms with Crippen LogP contribution in [0.1, 0.15) is 44.5 Å². The molecule has 0 bridgehead atoms. The molecule has 1 aromatic carbocycles. The fraction of sp³-hybridized carbons (Fsp3) is 0.375. The Morgan fingerprint density at radius 1 is 1.11 bits per heavy atom. The molecule has 0 atom stereocenters. The third kappa shape index (κ3) is 3.54. The Morgan fingerprint density at radius 2 is 1.79 bits per heavy atom. The molecule has 0 saturated carbocycles. The summed E-state index contributed by atoms with van der Waals surface area (Å²) in [7, 11) is 0. The highest BCUT2D eigenvalue weighted by Crippen LogP contribution is 2.23. The van der Waals surface area contributed by atoms with E-state index >= 15 is 0 Å². The molecule has 19 heavy (non-hydrogen) atoms. The van der Waals surface area contributed by atoms with E-state index in [4.69, 9.17) is 11.6 Å². The van der Waals surface area contributed by atoms with E-state index in [0.717, 1.165) is 29.9 Å². The molecule has 0 radical (unpaired) electrons. The number of aromatic nitrogens is 2. The lowest BCUT2D eigenvalue weighted by Crippen LogP contribution is -1.97. The fourth-order valence-electron chi connectivity index (χ4n) is 1.99. The van der Waals surface area contributed by atoms with Crippen molar-refractivity contribution >= 4 is 11.6 Å². The highest BCUT2D eigenvalue weighted by molar-refractivity contribution is 6.29. The summed E-state index contributed by atoms with van der Waals surface area (Å²) < 4.78 is 0. The van der Waals surface area contributed by atoms with Crippen molar-refractivity contribution in [2.45, 2.75) is 39.5 Å². The predicted octanol–water partition coefficient (Wildman–Crippen LogP) is 4.87. The quantitative estimate of drug-likeness (QED) is 0.743. The normalized spacial score (nSPS) is 11.0. The highest BCUT2D eigenvalue weighted by atomic mass is 35.5. The van der Waals surface area contributed by atoms with Gasteiger partial charge < -0.3 is 0 Å². The standard InChI is InChI=1S/C16H19ClN2/c1-4-5-16-18-14(10-15(17)19-16)13-8-6-12(7-9-13)11(2)3/h6-11H,4-5H2,1-3H3. The molecule has 0 N–H and O–H groups in total. The van der Waals surface area contributed by atoms with Crippen LogP contribution in [0.3, 0.4) is 0 Å². The molecular weight excluding hydrogens is 256 g/mol. The van der Waals surface area contributed by atoms with Crippen LogP contribution in [0, 0.1) is 0 Å². The van der Waals surface area contributed by atoms with Gasteiger partial charge in [0.05, 0.1) is 5.69 Å². The van der Waals surface area contributed by atoms with E-state index in [9.17, 15) is 0 Å². The third-order valence-electron chi connectivity index (χ3n) is 3.09. The van der Waals surface area contributed by atoms with Crippen LogP contribution in [-0.2, 0) is 6.42 Å². The minimum absolute atomic E-state index is 0.515. The van der Waals surface area contributed by atoms with Crippen LogP contribution in [0.5, 0.6) is 0 Å². The number of nitrogens with zero attached hydrogens (tertiary/aromatic N) is 2. The van der Waals surface area contributed by atoms with Gasteiger partial charge in [0.2, 0.25) is 0 Å². The van der Waals surface area contributed by atoms with E-state index in [1.165, 1.54) is 5.56 Å². The number of benzene rings is 1. The monoisotopic (exact) mass is 274 g/mol. The van der Waals surface area contributed by atoms with Gasteiger partial charge in [-0.25, -0.2) is 9.97 Å². The average Bonchev–Trinajstić information content (AvgIpc) is 2.38. The molecule has 1 heterocycles. The minimum Gasteiger partial charge on any atom is -0.233 e. The Bertz CT molecular complexity index is 547. The molecule has 0 aliphatic heterocycles. The maximum atomic E-state index is 6.07. The van der Waals surface area contributed by atoms with Gasteiger partial charge in [-0.1, -0.05) is 56.6 Å². The van der Waals surface area contributed by atoms with Gasteiger partial charge in [0.15, 0.2) is 0 Å². The number of hydrogen-bond donors (Lipinski definition) is 0. The van der Waals surface area contributed by atoms with Crippen molar-refractivity contribution in [1.82, 2.24) is 9.97 Å². The van der Waals surface area contributed by atoms with Crippen molar-refractivity contribution in [1.29, 1.82) is 0 Å². The maximum Gasteiger partial charge on any atom is 0.133 e. The van der Waals surface area contributed by atoms with Crippen molar-refractivity contribution in [3.63, 3.8) is 0 Å². The van der Waals surface area contributed by atoms with E-state index in [2.05, 4.69) is 55.0 Å². The fourth-order valence-corrected chi connectivity index (χ4v) is 2.19. The average molecular weight is 275 g/mol. The van der Waals surface area contributed by atoms with E-state index in [0.29, 0.717) is 11.1 Å². The zero-order chi connectivity index (χ0) is 13.8. The summed E-state index contributed by atoms with van der Waals surface area (Å²) in [6.45, 7) is 6.49. The van der Waals surface area contributed by atoms with Crippen LogP contribution in [0.2, 0.25) is 5.15 Å². The van der Waals surface area contributed by atoms with E-state index in [1.54, 1.807) is 0 Å². The molecule has 3 heteroatoms. The van der Waals surface area contributed by atoms with Crippen molar-refractivity contribution in [2.24, 2.45) is 0 Å². The molecule has 0 saturated heterocycles. The summed E-state index contributed by atoms with van der Waals surface area (Å²) >= 11 is 6.07. The molecule has 2 nitrogen and oxygen atoms in total. The molecular formula is C16H19ClN2. The van der Waals surface area contributed by atoms with Gasteiger partial charge in [0.25, 0.3) is 0 Å². The summed E-state index contributed by atoms with van der Waals surface area (Å²) in [5.74, 6) is 1.36. The van der Waals surface area contributed by atoms with Crippen LogP contribution in [-0.4, -0.2) is 9.97 Å². The molecule has 0 unspecified atom stereocenters. The molecule has 2 aromatic rings. The van der Waals surface area contributed by atoms with Crippen molar-refractivity contribution in [2.75, 3.05) is 0 Å². The lowest BCUT2D eigenvalue weighted by Gasteiger charge is -2.08. The van der Waals surface area contributed by atoms with E-state index in [1.807, 2.05) is 6.07 Å². The van der Waals surface area contributed by atoms with Crippen LogP contribution in [0.4, 0.5) is 0 Å². The zero-order valence-electron chi connectivity index (χ0n) is 11.7. The van der Waals surface area contributed by atoms with Gasteiger partial charge in [0.1, 0.15) is 11.0 Å². The summed E-state index contributed by atoms with van der Waals surface area (Å²) in [5.41, 5.74) is 3.32. The molecule has 100 valence electrons. The van der Waals surface area contributed by atoms with Crippen molar-refractivity contribution in [3.05, 3.63) is 46.9 Å². The summed E-state index contributed by atoms with van der Waals surface area (Å²) in [4.78, 5) is 8.82. The van der Waals surface area contributed by atoms with E-state index < -0.39 is 0 Å². The first-order chi connectivity index (χ1) is 9.10. The summed E-state index contributed by atoms with van der Waals surface area (Å²) in [6.07, 6.45) is 1.88. The highest BCUT2D eigenvalue weighted by Gasteiger charge is 2.06. The lowest BCUT2D eigenvalue weighted by molar-refractivity contribution is 0.836. The number of hydrogen-bond acceptors (Lipinski definition) is 2. The van der Waals surface area contributed by atoms with E-state index in [-0.39, 0.29) is 0 Å². The molecule has 0 aliphatic carbocycles. The molecule has 0 fully saturated rings. The van der Waals surface area contributed by atoms with Crippen molar-refractivity contribution < 1.29 is 0 Å². The minimum atomic E-state index is 0.515. The number of rotatable bonds is 4. The van der Waals surface area contributed by atoms with Crippen LogP contribution >= 0.6 is 11.6 Å². The van der Waals surface area contributed by atoms with Gasteiger partial charge in [-0.05, 0) is 17.9 Å². The van der Waals surface area contributed by atoms with Gasteiger partial charge in [-0.3, -0.25) is 0 Å². The topological polar surface area (TPSA) is 25.8 Å². The molecule has 0 spiro atoms. The molecule has 1 aromatic heterocycles. The molecule has 0 aliphatic rings. The van der Waals surface area contributed by atoms with Crippen LogP contribution in [0.25, 0.3) is 11.3 Å².